The minimum Gasteiger partial charge on any atom is -0.412 e. The second-order valence-corrected chi connectivity index (χ2v) is 5.37. The van der Waals surface area contributed by atoms with Gasteiger partial charge in [0.1, 0.15) is 5.82 Å². The molecule has 0 aliphatic carbocycles. The zero-order valence-corrected chi connectivity index (χ0v) is 10.5. The van der Waals surface area contributed by atoms with Gasteiger partial charge in [-0.3, -0.25) is 0 Å². The summed E-state index contributed by atoms with van der Waals surface area (Å²) < 4.78 is 18.7. The Bertz CT molecular complexity index is 312. The summed E-state index contributed by atoms with van der Waals surface area (Å²) in [5.41, 5.74) is 0.781. The molecular formula is C12H17FOSi. The highest BCUT2D eigenvalue weighted by molar-refractivity contribution is 6.27. The third-order valence-electron chi connectivity index (χ3n) is 2.01. The minimum atomic E-state index is -0.206. The predicted molar refractivity (Wildman–Crippen MR) is 61.5 cm³/mol. The van der Waals surface area contributed by atoms with Crippen LogP contribution < -0.4 is 0 Å². The Morgan fingerprint density at radius 2 is 2.13 bits per heavy atom. The monoisotopic (exact) mass is 224 g/mol. The first-order valence-electron chi connectivity index (χ1n) is 5.19. The van der Waals surface area contributed by atoms with Crippen LogP contribution in [0.5, 0.6) is 0 Å². The fraction of sp³-hybridized carbons (Fsp3) is 0.500. The lowest BCUT2D eigenvalue weighted by molar-refractivity contribution is 0.116. The molecule has 2 radical (unpaired) electrons. The van der Waals surface area contributed by atoms with E-state index >= 15 is 0 Å². The van der Waals surface area contributed by atoms with Gasteiger partial charge < -0.3 is 4.43 Å². The van der Waals surface area contributed by atoms with Crippen molar-refractivity contribution >= 4 is 9.76 Å². The third-order valence-corrected chi connectivity index (χ3v) is 3.00. The topological polar surface area (TPSA) is 9.23 Å². The van der Waals surface area contributed by atoms with E-state index < -0.39 is 0 Å². The maximum absolute atomic E-state index is 13.0. The number of rotatable bonds is 5. The Morgan fingerprint density at radius 1 is 1.40 bits per heavy atom. The molecule has 15 heavy (non-hydrogen) atoms. The summed E-state index contributed by atoms with van der Waals surface area (Å²) >= 11 is 0. The van der Waals surface area contributed by atoms with Crippen LogP contribution in [0.2, 0.25) is 6.04 Å². The van der Waals surface area contributed by atoms with Gasteiger partial charge in [0.15, 0.2) is 0 Å². The van der Waals surface area contributed by atoms with Gasteiger partial charge in [0, 0.05) is 0 Å². The number of halogens is 1. The van der Waals surface area contributed by atoms with Gasteiger partial charge in [0.2, 0.25) is 9.76 Å². The average Bonchev–Trinajstić information content (AvgIpc) is 2.14. The molecule has 0 unspecified atom stereocenters. The van der Waals surface area contributed by atoms with Crippen LogP contribution in [0.4, 0.5) is 4.39 Å². The molecule has 0 atom stereocenters. The summed E-state index contributed by atoms with van der Waals surface area (Å²) in [5.74, 6) is -0.179. The summed E-state index contributed by atoms with van der Waals surface area (Å²) in [7, 11) is 0.521. The van der Waals surface area contributed by atoms with E-state index in [9.17, 15) is 4.39 Å². The molecule has 0 aliphatic rings. The first kappa shape index (κ1) is 12.4. The van der Waals surface area contributed by atoms with E-state index in [4.69, 9.17) is 4.43 Å². The molecule has 1 rings (SSSR count). The van der Waals surface area contributed by atoms with Crippen molar-refractivity contribution in [1.29, 1.82) is 0 Å². The fourth-order valence-corrected chi connectivity index (χ4v) is 2.05. The molecule has 0 aliphatic heterocycles. The van der Waals surface area contributed by atoms with Crippen molar-refractivity contribution in [3.8, 4) is 0 Å². The van der Waals surface area contributed by atoms with E-state index in [1.54, 1.807) is 12.1 Å². The molecule has 0 fully saturated rings. The van der Waals surface area contributed by atoms with Crippen molar-refractivity contribution in [1.82, 2.24) is 0 Å². The van der Waals surface area contributed by atoms with Gasteiger partial charge in [-0.15, -0.1) is 0 Å². The van der Waals surface area contributed by atoms with Crippen LogP contribution in [0.25, 0.3) is 0 Å². The fourth-order valence-electron chi connectivity index (χ4n) is 1.44. The van der Waals surface area contributed by atoms with Gasteiger partial charge in [0.25, 0.3) is 0 Å². The van der Waals surface area contributed by atoms with Crippen LogP contribution in [-0.4, -0.2) is 15.4 Å². The van der Waals surface area contributed by atoms with Crippen molar-refractivity contribution in [2.24, 2.45) is 0 Å². The number of hydrogen-bond donors (Lipinski definition) is 0. The first-order chi connectivity index (χ1) is 7.03. The van der Waals surface area contributed by atoms with Gasteiger partial charge >= 0.3 is 0 Å². The van der Waals surface area contributed by atoms with Crippen LogP contribution in [0.15, 0.2) is 24.3 Å². The highest BCUT2D eigenvalue weighted by atomic mass is 28.2. The van der Waals surface area contributed by atoms with Crippen LogP contribution in [0, 0.1) is 5.82 Å². The van der Waals surface area contributed by atoms with Crippen molar-refractivity contribution in [2.45, 2.75) is 38.8 Å². The molecule has 0 aromatic heterocycles. The molecule has 0 spiro atoms. The molecule has 0 amide bonds. The van der Waals surface area contributed by atoms with Crippen molar-refractivity contribution in [2.75, 3.05) is 0 Å². The SMILES string of the molecule is CC[Si]OC(C)(C)Cc1cccc(F)c1. The quantitative estimate of drug-likeness (QED) is 0.698. The summed E-state index contributed by atoms with van der Waals surface area (Å²) in [4.78, 5) is 0. The molecule has 0 bridgehead atoms. The highest BCUT2D eigenvalue weighted by Crippen LogP contribution is 2.17. The zero-order valence-electron chi connectivity index (χ0n) is 9.51. The Balaban J connectivity index is 2.60. The summed E-state index contributed by atoms with van der Waals surface area (Å²) in [6, 6.07) is 7.74. The normalized spacial score (nSPS) is 11.7. The molecule has 82 valence electrons. The van der Waals surface area contributed by atoms with Crippen molar-refractivity contribution in [3.63, 3.8) is 0 Å². The van der Waals surface area contributed by atoms with E-state index in [1.807, 2.05) is 19.9 Å². The first-order valence-corrected chi connectivity index (χ1v) is 6.30. The molecule has 1 aromatic rings. The molecule has 3 heteroatoms. The smallest absolute Gasteiger partial charge is 0.230 e. The Hall–Kier alpha value is -0.673. The predicted octanol–water partition coefficient (Wildman–Crippen LogP) is 3.22. The largest absolute Gasteiger partial charge is 0.412 e. The van der Waals surface area contributed by atoms with Crippen LogP contribution in [0.3, 0.4) is 0 Å². The van der Waals surface area contributed by atoms with Crippen molar-refractivity contribution < 1.29 is 8.82 Å². The second-order valence-electron chi connectivity index (χ2n) is 4.17. The molecule has 0 heterocycles. The van der Waals surface area contributed by atoms with Gasteiger partial charge in [-0.05, 0) is 44.0 Å². The number of hydrogen-bond acceptors (Lipinski definition) is 1. The van der Waals surface area contributed by atoms with Gasteiger partial charge in [0.05, 0.1) is 5.60 Å². The highest BCUT2D eigenvalue weighted by Gasteiger charge is 2.18. The number of benzene rings is 1. The molecular weight excluding hydrogens is 207 g/mol. The molecule has 0 N–H and O–H groups in total. The van der Waals surface area contributed by atoms with Gasteiger partial charge in [-0.25, -0.2) is 4.39 Å². The maximum Gasteiger partial charge on any atom is 0.230 e. The van der Waals surface area contributed by atoms with Crippen LogP contribution >= 0.6 is 0 Å². The summed E-state index contributed by atoms with van der Waals surface area (Å²) in [6.07, 6.45) is 0.748. The van der Waals surface area contributed by atoms with Crippen molar-refractivity contribution in [3.05, 3.63) is 35.6 Å². The van der Waals surface area contributed by atoms with E-state index in [0.29, 0.717) is 9.76 Å². The van der Waals surface area contributed by atoms with E-state index in [0.717, 1.165) is 18.0 Å². The average molecular weight is 224 g/mol. The Morgan fingerprint density at radius 3 is 2.73 bits per heavy atom. The van der Waals surface area contributed by atoms with E-state index in [2.05, 4.69) is 6.92 Å². The summed E-state index contributed by atoms with van der Waals surface area (Å²) in [6.45, 7) is 6.18. The van der Waals surface area contributed by atoms with Gasteiger partial charge in [-0.2, -0.15) is 0 Å². The lowest BCUT2D eigenvalue weighted by atomic mass is 9.99. The maximum atomic E-state index is 13.0. The second kappa shape index (κ2) is 5.42. The zero-order chi connectivity index (χ0) is 11.3. The van der Waals surface area contributed by atoms with Crippen LogP contribution in [-0.2, 0) is 10.8 Å². The molecule has 0 saturated heterocycles. The summed E-state index contributed by atoms with van der Waals surface area (Å²) in [5, 5.41) is 0. The molecule has 1 nitrogen and oxygen atoms in total. The Kier molecular flexibility index (Phi) is 4.48. The standard InChI is InChI=1S/C12H17FOSi/c1-4-15-14-12(2,3)9-10-6-5-7-11(13)8-10/h5-8H,4,9H2,1-3H3. The van der Waals surface area contributed by atoms with Crippen LogP contribution in [0.1, 0.15) is 26.3 Å². The van der Waals surface area contributed by atoms with Gasteiger partial charge in [-0.1, -0.05) is 19.1 Å². The molecule has 1 aromatic carbocycles. The minimum absolute atomic E-state index is 0.179. The Labute approximate surface area is 93.6 Å². The van der Waals surface area contributed by atoms with E-state index in [1.165, 1.54) is 6.07 Å². The van der Waals surface area contributed by atoms with E-state index in [-0.39, 0.29) is 11.4 Å². The lowest BCUT2D eigenvalue weighted by Gasteiger charge is -2.25. The molecule has 0 saturated carbocycles. The lowest BCUT2D eigenvalue weighted by Crippen LogP contribution is -2.29. The third kappa shape index (κ3) is 4.58.